The summed E-state index contributed by atoms with van der Waals surface area (Å²) in [5.74, 6) is 1.24. The van der Waals surface area contributed by atoms with Crippen molar-refractivity contribution in [2.75, 3.05) is 26.9 Å². The van der Waals surface area contributed by atoms with Gasteiger partial charge in [-0.2, -0.15) is 5.10 Å². The molecule has 0 atom stereocenters. The molecule has 0 radical (unpaired) electrons. The van der Waals surface area contributed by atoms with Crippen LogP contribution >= 0.6 is 24.0 Å². The van der Waals surface area contributed by atoms with Gasteiger partial charge in [0.05, 0.1) is 17.2 Å². The Morgan fingerprint density at radius 1 is 1.17 bits per heavy atom. The van der Waals surface area contributed by atoms with E-state index in [1.165, 1.54) is 11.8 Å². The number of methoxy groups -OCH3 is 1. The third kappa shape index (κ3) is 6.06. The van der Waals surface area contributed by atoms with Crippen molar-refractivity contribution in [1.29, 1.82) is 0 Å². The van der Waals surface area contributed by atoms with Gasteiger partial charge in [0.25, 0.3) is 5.91 Å². The van der Waals surface area contributed by atoms with Crippen LogP contribution in [0.3, 0.4) is 0 Å². The van der Waals surface area contributed by atoms with Crippen LogP contribution in [0.4, 0.5) is 0 Å². The van der Waals surface area contributed by atoms with Gasteiger partial charge in [0.1, 0.15) is 15.8 Å². The third-order valence-electron chi connectivity index (χ3n) is 5.67. The molecule has 1 fully saturated rings. The van der Waals surface area contributed by atoms with E-state index in [1.54, 1.807) is 12.0 Å². The molecule has 0 bridgehead atoms. The zero-order valence-corrected chi connectivity index (χ0v) is 22.7. The summed E-state index contributed by atoms with van der Waals surface area (Å²) in [7, 11) is 1.65. The summed E-state index contributed by atoms with van der Waals surface area (Å²) in [5.41, 5.74) is 4.59. The lowest BCUT2D eigenvalue weighted by molar-refractivity contribution is -0.122. The molecule has 4 rings (SSSR count). The number of nitrogens with zero attached hydrogens (tertiary/aromatic N) is 3. The van der Waals surface area contributed by atoms with Crippen molar-refractivity contribution in [2.24, 2.45) is 5.92 Å². The first-order valence-electron chi connectivity index (χ1n) is 12.0. The molecule has 1 saturated heterocycles. The lowest BCUT2D eigenvalue weighted by Crippen LogP contribution is -2.29. The van der Waals surface area contributed by atoms with Crippen LogP contribution < -0.4 is 4.74 Å². The number of aryl methyl sites for hydroxylation is 1. The van der Waals surface area contributed by atoms with Crippen molar-refractivity contribution in [3.05, 3.63) is 70.8 Å². The van der Waals surface area contributed by atoms with Crippen LogP contribution in [0.15, 0.2) is 59.6 Å². The number of benzene rings is 2. The van der Waals surface area contributed by atoms with Crippen LogP contribution in [0, 0.1) is 12.8 Å². The summed E-state index contributed by atoms with van der Waals surface area (Å²) in [4.78, 5) is 15.4. The number of rotatable bonds is 10. The number of amides is 1. The first-order valence-corrected chi connectivity index (χ1v) is 13.2. The summed E-state index contributed by atoms with van der Waals surface area (Å²) < 4.78 is 13.5. The molecule has 2 heterocycles. The molecule has 3 aromatic rings. The minimum absolute atomic E-state index is 0.0758. The number of thioether (sulfide) groups is 1. The number of thiocarbonyl (C=S) groups is 1. The number of carbonyl (C=O) groups excluding carboxylic acids is 1. The minimum Gasteiger partial charge on any atom is -0.493 e. The third-order valence-corrected chi connectivity index (χ3v) is 7.05. The van der Waals surface area contributed by atoms with E-state index in [0.29, 0.717) is 34.9 Å². The van der Waals surface area contributed by atoms with Crippen molar-refractivity contribution in [2.45, 2.75) is 27.2 Å². The van der Waals surface area contributed by atoms with Crippen molar-refractivity contribution >= 4 is 40.3 Å². The lowest BCUT2D eigenvalue weighted by atomic mass is 10.0. The second-order valence-electron chi connectivity index (χ2n) is 9.08. The van der Waals surface area contributed by atoms with Gasteiger partial charge in [-0.25, -0.2) is 4.68 Å². The minimum atomic E-state index is -0.0758. The van der Waals surface area contributed by atoms with Gasteiger partial charge in [-0.15, -0.1) is 0 Å². The predicted molar refractivity (Wildman–Crippen MR) is 150 cm³/mol. The van der Waals surface area contributed by atoms with Crippen molar-refractivity contribution in [1.82, 2.24) is 14.7 Å². The number of hydrogen-bond acceptors (Lipinski definition) is 6. The Morgan fingerprint density at radius 2 is 1.94 bits per heavy atom. The Hall–Kier alpha value is -2.94. The summed E-state index contributed by atoms with van der Waals surface area (Å²) in [6.45, 7) is 8.10. The fraction of sp³-hybridized carbons (Fsp3) is 0.321. The predicted octanol–water partition coefficient (Wildman–Crippen LogP) is 6.12. The fourth-order valence-corrected chi connectivity index (χ4v) is 5.15. The molecule has 6 nitrogen and oxygen atoms in total. The summed E-state index contributed by atoms with van der Waals surface area (Å²) in [6, 6.07) is 16.0. The first-order chi connectivity index (χ1) is 17.4. The number of ether oxygens (including phenoxy) is 2. The summed E-state index contributed by atoms with van der Waals surface area (Å²) in [5, 5.41) is 4.91. The van der Waals surface area contributed by atoms with Gasteiger partial charge in [-0.3, -0.25) is 9.69 Å². The van der Waals surface area contributed by atoms with Crippen LogP contribution in [0.5, 0.6) is 5.75 Å². The highest BCUT2D eigenvalue weighted by Gasteiger charge is 2.32. The Morgan fingerprint density at radius 3 is 2.64 bits per heavy atom. The second-order valence-corrected chi connectivity index (χ2v) is 10.8. The zero-order chi connectivity index (χ0) is 25.7. The molecule has 36 heavy (non-hydrogen) atoms. The average Bonchev–Trinajstić information content (AvgIpc) is 3.40. The second kappa shape index (κ2) is 11.9. The molecule has 1 amide bonds. The quantitative estimate of drug-likeness (QED) is 0.182. The first kappa shape index (κ1) is 26.1. The maximum Gasteiger partial charge on any atom is 0.266 e. The maximum absolute atomic E-state index is 13.1. The highest BCUT2D eigenvalue weighted by atomic mass is 32.2. The number of para-hydroxylation sites is 1. The monoisotopic (exact) mass is 521 g/mol. The molecule has 1 aliphatic heterocycles. The Bertz CT molecular complexity index is 1270. The number of aromatic nitrogens is 2. The van der Waals surface area contributed by atoms with Crippen molar-refractivity contribution < 1.29 is 14.3 Å². The van der Waals surface area contributed by atoms with Crippen molar-refractivity contribution in [3.63, 3.8) is 0 Å². The summed E-state index contributed by atoms with van der Waals surface area (Å²) in [6.07, 6.45) is 4.59. The van der Waals surface area contributed by atoms with Gasteiger partial charge in [-0.1, -0.05) is 56.0 Å². The van der Waals surface area contributed by atoms with Crippen LogP contribution in [-0.2, 0) is 9.53 Å². The van der Waals surface area contributed by atoms with Crippen LogP contribution in [-0.4, -0.2) is 51.8 Å². The van der Waals surface area contributed by atoms with E-state index in [-0.39, 0.29) is 5.91 Å². The number of hydrogen-bond donors (Lipinski definition) is 0. The molecule has 0 saturated carbocycles. The highest BCUT2D eigenvalue weighted by molar-refractivity contribution is 8.26. The Kier molecular flexibility index (Phi) is 8.61. The maximum atomic E-state index is 13.1. The van der Waals surface area contributed by atoms with Crippen LogP contribution in [0.1, 0.15) is 31.4 Å². The lowest BCUT2D eigenvalue weighted by Gasteiger charge is -2.13. The van der Waals surface area contributed by atoms with Gasteiger partial charge in [0, 0.05) is 37.6 Å². The van der Waals surface area contributed by atoms with E-state index in [0.717, 1.165) is 40.2 Å². The van der Waals surface area contributed by atoms with E-state index < -0.39 is 0 Å². The van der Waals surface area contributed by atoms with Gasteiger partial charge in [0.15, 0.2) is 0 Å². The molecule has 2 aromatic carbocycles. The fourth-order valence-electron chi connectivity index (χ4n) is 3.85. The zero-order valence-electron chi connectivity index (χ0n) is 21.1. The van der Waals surface area contributed by atoms with Gasteiger partial charge >= 0.3 is 0 Å². The largest absolute Gasteiger partial charge is 0.493 e. The highest BCUT2D eigenvalue weighted by Crippen LogP contribution is 2.35. The van der Waals surface area contributed by atoms with E-state index in [9.17, 15) is 4.79 Å². The van der Waals surface area contributed by atoms with Gasteiger partial charge in [-0.05, 0) is 61.2 Å². The van der Waals surface area contributed by atoms with Crippen LogP contribution in [0.25, 0.3) is 23.0 Å². The number of carbonyl (C=O) groups is 1. The van der Waals surface area contributed by atoms with E-state index >= 15 is 0 Å². The Labute approximate surface area is 222 Å². The molecule has 8 heteroatoms. The molecule has 0 spiro atoms. The molecule has 0 N–H and O–H groups in total. The molecule has 188 valence electrons. The molecular weight excluding hydrogens is 490 g/mol. The topological polar surface area (TPSA) is 56.6 Å². The molecule has 1 aromatic heterocycles. The smallest absolute Gasteiger partial charge is 0.266 e. The normalized spacial score (nSPS) is 14.9. The van der Waals surface area contributed by atoms with Gasteiger partial charge < -0.3 is 9.47 Å². The van der Waals surface area contributed by atoms with Crippen LogP contribution in [0.2, 0.25) is 0 Å². The van der Waals surface area contributed by atoms with E-state index in [2.05, 4.69) is 19.9 Å². The SMILES string of the molecule is COCCCN1C(=O)/C(=C/c2cn(-c3ccccc3)nc2-c2ccc(OCC(C)C)c(C)c2)SC1=S. The van der Waals surface area contributed by atoms with Gasteiger partial charge in [0.2, 0.25) is 0 Å². The average molecular weight is 522 g/mol. The molecule has 0 unspecified atom stereocenters. The van der Waals surface area contributed by atoms with E-state index in [4.69, 9.17) is 26.8 Å². The van der Waals surface area contributed by atoms with E-state index in [1.807, 2.05) is 66.3 Å². The molecule has 0 aliphatic carbocycles. The Balaban J connectivity index is 1.70. The van der Waals surface area contributed by atoms with Crippen molar-refractivity contribution in [3.8, 4) is 22.7 Å². The summed E-state index contributed by atoms with van der Waals surface area (Å²) >= 11 is 6.82. The molecule has 1 aliphatic rings. The standard InChI is InChI=1S/C28H31N3O3S2/c1-19(2)18-34-24-12-11-21(15-20(24)3)26-22(17-31(29-26)23-9-6-5-7-10-23)16-25-27(32)30(28(35)36-25)13-8-14-33-4/h5-7,9-12,15-17,19H,8,13-14,18H2,1-4H3/b25-16-. The molecular formula is C28H31N3O3S2.